The fourth-order valence-corrected chi connectivity index (χ4v) is 3.80. The van der Waals surface area contributed by atoms with Gasteiger partial charge in [-0.05, 0) is 36.8 Å². The highest BCUT2D eigenvalue weighted by atomic mass is 35.5. The van der Waals surface area contributed by atoms with E-state index in [-0.39, 0.29) is 18.4 Å². The van der Waals surface area contributed by atoms with E-state index in [9.17, 15) is 9.59 Å². The van der Waals surface area contributed by atoms with Crippen LogP contribution in [0, 0.1) is 0 Å². The van der Waals surface area contributed by atoms with Gasteiger partial charge in [0.25, 0.3) is 0 Å². The summed E-state index contributed by atoms with van der Waals surface area (Å²) in [6.45, 7) is 2.28. The van der Waals surface area contributed by atoms with E-state index in [0.717, 1.165) is 12.2 Å². The predicted molar refractivity (Wildman–Crippen MR) is 115 cm³/mol. The molecule has 1 N–H and O–H groups in total. The lowest BCUT2D eigenvalue weighted by atomic mass is 10.2. The summed E-state index contributed by atoms with van der Waals surface area (Å²) in [7, 11) is 0. The predicted octanol–water partition coefficient (Wildman–Crippen LogP) is 4.76. The molecular formula is C20H22Cl2N2O2S. The summed E-state index contributed by atoms with van der Waals surface area (Å²) in [6.07, 6.45) is 0.913. The van der Waals surface area contributed by atoms with E-state index in [1.807, 2.05) is 25.1 Å². The molecule has 0 radical (unpaired) electrons. The molecule has 0 aliphatic rings. The van der Waals surface area contributed by atoms with E-state index >= 15 is 0 Å². The number of halogens is 2. The summed E-state index contributed by atoms with van der Waals surface area (Å²) in [5.74, 6) is 0.820. The van der Waals surface area contributed by atoms with E-state index in [2.05, 4.69) is 17.4 Å². The second-order valence-electron chi connectivity index (χ2n) is 5.84. The van der Waals surface area contributed by atoms with Crippen LogP contribution in [-0.4, -0.2) is 41.3 Å². The molecule has 0 saturated carbocycles. The lowest BCUT2D eigenvalue weighted by Crippen LogP contribution is -2.39. The number of nitrogens with one attached hydrogen (secondary N) is 1. The van der Waals surface area contributed by atoms with Crippen LogP contribution in [0.15, 0.2) is 48.5 Å². The van der Waals surface area contributed by atoms with Gasteiger partial charge in [-0.15, -0.1) is 0 Å². The lowest BCUT2D eigenvalue weighted by molar-refractivity contribution is -0.132. The highest BCUT2D eigenvalue weighted by Crippen LogP contribution is 2.29. The van der Waals surface area contributed by atoms with E-state index in [4.69, 9.17) is 23.2 Å². The highest BCUT2D eigenvalue weighted by molar-refractivity contribution is 7.99. The van der Waals surface area contributed by atoms with E-state index in [1.165, 1.54) is 10.5 Å². The third kappa shape index (κ3) is 7.09. The van der Waals surface area contributed by atoms with Crippen molar-refractivity contribution in [3.63, 3.8) is 0 Å². The van der Waals surface area contributed by atoms with Gasteiger partial charge in [-0.2, -0.15) is 11.8 Å². The Kier molecular flexibility index (Phi) is 8.98. The van der Waals surface area contributed by atoms with Crippen LogP contribution in [0.4, 0.5) is 5.69 Å². The summed E-state index contributed by atoms with van der Waals surface area (Å²) in [5, 5.41) is 3.41. The van der Waals surface area contributed by atoms with Crippen LogP contribution in [-0.2, 0) is 16.0 Å². The summed E-state index contributed by atoms with van der Waals surface area (Å²) in [5.41, 5.74) is 1.62. The maximum absolute atomic E-state index is 12.4. The summed E-state index contributed by atoms with van der Waals surface area (Å²) < 4.78 is 0. The van der Waals surface area contributed by atoms with Crippen LogP contribution < -0.4 is 5.32 Å². The minimum Gasteiger partial charge on any atom is -0.333 e. The van der Waals surface area contributed by atoms with Gasteiger partial charge >= 0.3 is 0 Å². The molecule has 7 heteroatoms. The molecule has 0 aliphatic heterocycles. The fraction of sp³-hybridized carbons (Fsp3) is 0.300. The Bertz CT molecular complexity index is 752. The standard InChI is InChI=1S/C20H22Cl2N2O2S/c1-2-24(13-18(25)23-20-16(21)9-6-10-17(20)22)19(26)14-27-12-11-15-7-4-3-5-8-15/h3-10H,2,11-14H2,1H3,(H,23,25). The number of thioether (sulfide) groups is 1. The minimum atomic E-state index is -0.325. The second-order valence-corrected chi connectivity index (χ2v) is 7.76. The first kappa shape index (κ1) is 21.6. The molecule has 144 valence electrons. The number of likely N-dealkylation sites (N-methyl/N-ethyl adjacent to an activating group) is 1. The topological polar surface area (TPSA) is 49.4 Å². The molecular weight excluding hydrogens is 403 g/mol. The zero-order chi connectivity index (χ0) is 19.6. The van der Waals surface area contributed by atoms with E-state index in [0.29, 0.717) is 28.0 Å². The van der Waals surface area contributed by atoms with Crippen molar-refractivity contribution in [2.75, 3.05) is 29.9 Å². The Morgan fingerprint density at radius 3 is 2.33 bits per heavy atom. The van der Waals surface area contributed by atoms with Crippen molar-refractivity contribution in [2.45, 2.75) is 13.3 Å². The molecule has 0 spiro atoms. The van der Waals surface area contributed by atoms with Crippen molar-refractivity contribution in [1.82, 2.24) is 4.90 Å². The van der Waals surface area contributed by atoms with Crippen LogP contribution in [0.5, 0.6) is 0 Å². The number of carbonyl (C=O) groups excluding carboxylic acids is 2. The smallest absolute Gasteiger partial charge is 0.244 e. The molecule has 0 bridgehead atoms. The number of para-hydroxylation sites is 1. The summed E-state index contributed by atoms with van der Waals surface area (Å²) in [6, 6.07) is 15.1. The largest absolute Gasteiger partial charge is 0.333 e. The number of anilines is 1. The van der Waals surface area contributed by atoms with Crippen LogP contribution in [0.2, 0.25) is 10.0 Å². The van der Waals surface area contributed by atoms with Gasteiger partial charge in [0.1, 0.15) is 0 Å². The zero-order valence-corrected chi connectivity index (χ0v) is 17.4. The maximum atomic E-state index is 12.4. The molecule has 2 aromatic rings. The zero-order valence-electron chi connectivity index (χ0n) is 15.1. The number of aryl methyl sites for hydroxylation is 1. The first-order chi connectivity index (χ1) is 13.0. The number of nitrogens with zero attached hydrogens (tertiary/aromatic N) is 1. The van der Waals surface area contributed by atoms with E-state index in [1.54, 1.807) is 30.0 Å². The molecule has 0 fully saturated rings. The number of hydrogen-bond acceptors (Lipinski definition) is 3. The number of rotatable bonds is 9. The molecule has 0 unspecified atom stereocenters. The Hall–Kier alpha value is -1.69. The molecule has 0 heterocycles. The van der Waals surface area contributed by atoms with Crippen molar-refractivity contribution >= 4 is 52.5 Å². The summed E-state index contributed by atoms with van der Waals surface area (Å²) >= 11 is 13.7. The van der Waals surface area contributed by atoms with Gasteiger partial charge in [0.2, 0.25) is 11.8 Å². The van der Waals surface area contributed by atoms with Gasteiger partial charge < -0.3 is 10.2 Å². The molecule has 2 rings (SSSR count). The minimum absolute atomic E-state index is 0.0316. The number of hydrogen-bond donors (Lipinski definition) is 1. The third-order valence-corrected chi connectivity index (χ3v) is 5.47. The van der Waals surface area contributed by atoms with Crippen LogP contribution in [0.1, 0.15) is 12.5 Å². The van der Waals surface area contributed by atoms with Crippen LogP contribution >= 0.6 is 35.0 Å². The van der Waals surface area contributed by atoms with Gasteiger partial charge in [-0.1, -0.05) is 59.6 Å². The Morgan fingerprint density at radius 2 is 1.70 bits per heavy atom. The molecule has 2 amide bonds. The van der Waals surface area contributed by atoms with Gasteiger partial charge in [0.05, 0.1) is 28.0 Å². The Morgan fingerprint density at radius 1 is 1.04 bits per heavy atom. The number of amides is 2. The lowest BCUT2D eigenvalue weighted by Gasteiger charge is -2.20. The monoisotopic (exact) mass is 424 g/mol. The quantitative estimate of drug-likeness (QED) is 0.590. The van der Waals surface area contributed by atoms with Crippen molar-refractivity contribution in [3.8, 4) is 0 Å². The van der Waals surface area contributed by atoms with Gasteiger partial charge in [0.15, 0.2) is 0 Å². The average molecular weight is 425 g/mol. The highest BCUT2D eigenvalue weighted by Gasteiger charge is 2.17. The SMILES string of the molecule is CCN(CC(=O)Nc1c(Cl)cccc1Cl)C(=O)CSCCc1ccccc1. The van der Waals surface area contributed by atoms with Crippen molar-refractivity contribution in [3.05, 3.63) is 64.1 Å². The van der Waals surface area contributed by atoms with Crippen molar-refractivity contribution < 1.29 is 9.59 Å². The van der Waals surface area contributed by atoms with E-state index < -0.39 is 0 Å². The molecule has 0 aromatic heterocycles. The van der Waals surface area contributed by atoms with Crippen molar-refractivity contribution in [1.29, 1.82) is 0 Å². The molecule has 0 atom stereocenters. The fourth-order valence-electron chi connectivity index (χ4n) is 2.43. The Labute approximate surface area is 174 Å². The number of benzene rings is 2. The molecule has 4 nitrogen and oxygen atoms in total. The molecule has 0 aliphatic carbocycles. The normalized spacial score (nSPS) is 10.5. The third-order valence-electron chi connectivity index (χ3n) is 3.90. The first-order valence-corrected chi connectivity index (χ1v) is 10.6. The molecule has 2 aromatic carbocycles. The van der Waals surface area contributed by atoms with Crippen LogP contribution in [0.25, 0.3) is 0 Å². The Balaban J connectivity index is 1.79. The number of carbonyl (C=O) groups is 2. The van der Waals surface area contributed by atoms with Crippen molar-refractivity contribution in [2.24, 2.45) is 0 Å². The van der Waals surface area contributed by atoms with Gasteiger partial charge in [0, 0.05) is 6.54 Å². The van der Waals surface area contributed by atoms with Crippen LogP contribution in [0.3, 0.4) is 0 Å². The average Bonchev–Trinajstić information content (AvgIpc) is 2.67. The maximum Gasteiger partial charge on any atom is 0.244 e. The summed E-state index contributed by atoms with van der Waals surface area (Å²) in [4.78, 5) is 26.2. The molecule has 27 heavy (non-hydrogen) atoms. The first-order valence-electron chi connectivity index (χ1n) is 8.64. The van der Waals surface area contributed by atoms with Gasteiger partial charge in [-0.3, -0.25) is 9.59 Å². The van der Waals surface area contributed by atoms with Gasteiger partial charge in [-0.25, -0.2) is 0 Å². The second kappa shape index (κ2) is 11.2. The molecule has 0 saturated heterocycles.